The number of rotatable bonds is 3. The van der Waals surface area contributed by atoms with Crippen molar-refractivity contribution in [3.05, 3.63) is 23.9 Å². The van der Waals surface area contributed by atoms with Gasteiger partial charge in [-0.2, -0.15) is 0 Å². The number of hydrogen-bond acceptors (Lipinski definition) is 4. The Kier molecular flexibility index (Phi) is 3.12. The monoisotopic (exact) mass is 221 g/mol. The van der Waals surface area contributed by atoms with Crippen LogP contribution in [-0.4, -0.2) is 18.1 Å². The molecule has 0 radical (unpaired) electrons. The van der Waals surface area contributed by atoms with Crippen LogP contribution >= 0.6 is 0 Å². The molecule has 2 heterocycles. The molecule has 1 aromatic heterocycles. The van der Waals surface area contributed by atoms with E-state index in [-0.39, 0.29) is 0 Å². The molecule has 4 nitrogen and oxygen atoms in total. The lowest BCUT2D eigenvalue weighted by atomic mass is 10.0. The van der Waals surface area contributed by atoms with Gasteiger partial charge in [0.15, 0.2) is 0 Å². The maximum Gasteiger partial charge on any atom is 0.128 e. The molecule has 2 N–H and O–H groups in total. The van der Waals surface area contributed by atoms with Gasteiger partial charge in [0, 0.05) is 24.8 Å². The van der Waals surface area contributed by atoms with Gasteiger partial charge < -0.3 is 4.90 Å². The highest BCUT2D eigenvalue weighted by Crippen LogP contribution is 2.24. The summed E-state index contributed by atoms with van der Waals surface area (Å²) in [5, 5.41) is 0. The second kappa shape index (κ2) is 4.39. The molecule has 0 bridgehead atoms. The molecule has 4 heteroatoms. The fourth-order valence-electron chi connectivity index (χ4n) is 1.94. The normalized spacial score (nSPS) is 16.8. The fraction of sp³-hybridized carbons (Fsp3) is 0.583. The highest BCUT2D eigenvalue weighted by molar-refractivity contribution is 5.40. The van der Waals surface area contributed by atoms with Crippen LogP contribution < -0.4 is 10.8 Å². The Morgan fingerprint density at radius 2 is 2.00 bits per heavy atom. The van der Waals surface area contributed by atoms with Crippen LogP contribution in [0.15, 0.2) is 18.3 Å². The smallest absolute Gasteiger partial charge is 0.128 e. The highest BCUT2D eigenvalue weighted by atomic mass is 16.6. The minimum absolute atomic E-state index is 0.476. The molecule has 1 saturated heterocycles. The fourth-order valence-corrected chi connectivity index (χ4v) is 1.94. The van der Waals surface area contributed by atoms with Crippen LogP contribution in [0.25, 0.3) is 0 Å². The van der Waals surface area contributed by atoms with Crippen molar-refractivity contribution in [2.45, 2.75) is 32.3 Å². The lowest BCUT2D eigenvalue weighted by Crippen LogP contribution is -2.26. The van der Waals surface area contributed by atoms with Crippen molar-refractivity contribution in [2.75, 3.05) is 18.0 Å². The van der Waals surface area contributed by atoms with Crippen LogP contribution in [0.5, 0.6) is 0 Å². The predicted molar refractivity (Wildman–Crippen MR) is 64.0 cm³/mol. The summed E-state index contributed by atoms with van der Waals surface area (Å²) < 4.78 is 0. The Morgan fingerprint density at radius 3 is 2.50 bits per heavy atom. The zero-order chi connectivity index (χ0) is 11.6. The first kappa shape index (κ1) is 11.4. The highest BCUT2D eigenvalue weighted by Gasteiger charge is 2.21. The largest absolute Gasteiger partial charge is 0.357 e. The van der Waals surface area contributed by atoms with E-state index >= 15 is 0 Å². The van der Waals surface area contributed by atoms with Gasteiger partial charge in [-0.25, -0.2) is 10.9 Å². The van der Waals surface area contributed by atoms with Crippen LogP contribution in [-0.2, 0) is 10.4 Å². The molecular formula is C12H19N3O. The summed E-state index contributed by atoms with van der Waals surface area (Å²) in [5.41, 5.74) is 0.522. The summed E-state index contributed by atoms with van der Waals surface area (Å²) in [7, 11) is 0. The Balaban J connectivity index is 2.15. The first-order chi connectivity index (χ1) is 7.63. The van der Waals surface area contributed by atoms with Crippen LogP contribution in [0.2, 0.25) is 0 Å². The van der Waals surface area contributed by atoms with Crippen LogP contribution in [0.4, 0.5) is 5.82 Å². The van der Waals surface area contributed by atoms with Gasteiger partial charge in [-0.1, -0.05) is 6.07 Å². The van der Waals surface area contributed by atoms with Crippen molar-refractivity contribution in [1.29, 1.82) is 0 Å². The minimum Gasteiger partial charge on any atom is -0.357 e. The molecule has 1 fully saturated rings. The quantitative estimate of drug-likeness (QED) is 0.791. The summed E-state index contributed by atoms with van der Waals surface area (Å²) in [4.78, 5) is 11.7. The molecule has 1 aliphatic heterocycles. The lowest BCUT2D eigenvalue weighted by molar-refractivity contribution is -0.0238. The molecule has 0 aromatic carbocycles. The third-order valence-electron chi connectivity index (χ3n) is 3.17. The molecule has 0 aliphatic carbocycles. The van der Waals surface area contributed by atoms with E-state index < -0.39 is 5.60 Å². The van der Waals surface area contributed by atoms with Gasteiger partial charge in [-0.3, -0.25) is 4.84 Å². The van der Waals surface area contributed by atoms with Crippen LogP contribution in [0.3, 0.4) is 0 Å². The number of nitrogens with two attached hydrogens (primary N) is 1. The Bertz CT molecular complexity index is 342. The number of nitrogens with zero attached hydrogens (tertiary/aromatic N) is 2. The standard InChI is InChI=1S/C12H19N3O/c1-12(2,16-13)10-5-6-11(14-9-10)15-7-3-4-8-15/h5-6,9H,3-4,7-8,13H2,1-2H3. The molecule has 1 aromatic rings. The maximum atomic E-state index is 5.26. The maximum absolute atomic E-state index is 5.26. The van der Waals surface area contributed by atoms with Crippen molar-refractivity contribution in [3.8, 4) is 0 Å². The van der Waals surface area contributed by atoms with Gasteiger partial charge in [-0.15, -0.1) is 0 Å². The second-order valence-corrected chi connectivity index (χ2v) is 4.73. The van der Waals surface area contributed by atoms with E-state index in [0.717, 1.165) is 24.5 Å². The number of anilines is 1. The lowest BCUT2D eigenvalue weighted by Gasteiger charge is -2.23. The average molecular weight is 221 g/mol. The van der Waals surface area contributed by atoms with E-state index in [4.69, 9.17) is 10.7 Å². The van der Waals surface area contributed by atoms with Gasteiger partial charge in [0.2, 0.25) is 0 Å². The van der Waals surface area contributed by atoms with E-state index in [1.165, 1.54) is 12.8 Å². The first-order valence-corrected chi connectivity index (χ1v) is 5.73. The summed E-state index contributed by atoms with van der Waals surface area (Å²) >= 11 is 0. The molecule has 1 aliphatic rings. The Morgan fingerprint density at radius 1 is 1.31 bits per heavy atom. The number of hydrogen-bond donors (Lipinski definition) is 1. The zero-order valence-corrected chi connectivity index (χ0v) is 9.94. The van der Waals surface area contributed by atoms with Gasteiger partial charge in [0.25, 0.3) is 0 Å². The third-order valence-corrected chi connectivity index (χ3v) is 3.17. The molecule has 88 valence electrons. The molecule has 0 amide bonds. The van der Waals surface area contributed by atoms with E-state index in [0.29, 0.717) is 0 Å². The SMILES string of the molecule is CC(C)(ON)c1ccc(N2CCCC2)nc1. The van der Waals surface area contributed by atoms with Gasteiger partial charge in [0.1, 0.15) is 11.4 Å². The van der Waals surface area contributed by atoms with Crippen molar-refractivity contribution < 1.29 is 4.84 Å². The van der Waals surface area contributed by atoms with Crippen LogP contribution in [0.1, 0.15) is 32.3 Å². The van der Waals surface area contributed by atoms with E-state index in [1.54, 1.807) is 0 Å². The Labute approximate surface area is 96.4 Å². The molecule has 0 saturated carbocycles. The van der Waals surface area contributed by atoms with E-state index in [2.05, 4.69) is 9.88 Å². The van der Waals surface area contributed by atoms with Gasteiger partial charge in [-0.05, 0) is 32.8 Å². The summed E-state index contributed by atoms with van der Waals surface area (Å²) in [6, 6.07) is 4.08. The molecule has 2 rings (SSSR count). The average Bonchev–Trinajstić information content (AvgIpc) is 2.83. The number of aromatic nitrogens is 1. The summed E-state index contributed by atoms with van der Waals surface area (Å²) in [5.74, 6) is 6.31. The Hall–Kier alpha value is -1.13. The first-order valence-electron chi connectivity index (χ1n) is 5.73. The van der Waals surface area contributed by atoms with Crippen molar-refractivity contribution >= 4 is 5.82 Å². The topological polar surface area (TPSA) is 51.4 Å². The molecule has 0 unspecified atom stereocenters. The van der Waals surface area contributed by atoms with Crippen molar-refractivity contribution in [3.63, 3.8) is 0 Å². The third kappa shape index (κ3) is 2.18. The molecule has 16 heavy (non-hydrogen) atoms. The number of pyridine rings is 1. The zero-order valence-electron chi connectivity index (χ0n) is 9.94. The minimum atomic E-state index is -0.476. The molecule has 0 spiro atoms. The van der Waals surface area contributed by atoms with Crippen molar-refractivity contribution in [1.82, 2.24) is 4.98 Å². The molecular weight excluding hydrogens is 202 g/mol. The predicted octanol–water partition coefficient (Wildman–Crippen LogP) is 1.81. The van der Waals surface area contributed by atoms with Crippen LogP contribution in [0, 0.1) is 0 Å². The van der Waals surface area contributed by atoms with Gasteiger partial charge >= 0.3 is 0 Å². The molecule has 0 atom stereocenters. The van der Waals surface area contributed by atoms with E-state index in [9.17, 15) is 0 Å². The summed E-state index contributed by atoms with van der Waals surface area (Å²) in [6.07, 6.45) is 4.38. The van der Waals surface area contributed by atoms with Crippen molar-refractivity contribution in [2.24, 2.45) is 5.90 Å². The summed E-state index contributed by atoms with van der Waals surface area (Å²) in [6.45, 7) is 6.09. The van der Waals surface area contributed by atoms with Gasteiger partial charge in [0.05, 0.1) is 0 Å². The van der Waals surface area contributed by atoms with E-state index in [1.807, 2.05) is 32.2 Å². The second-order valence-electron chi connectivity index (χ2n) is 4.73.